The standard InChI is InChI=1S/C25H23N5O/c31-25(28-16-20-8-4-7-18-9-6-14-27-23(18)20)22-17-30(21-11-2-1-3-12-21)29-24(22)19-10-5-13-26-15-19/h1-3,5-6,9-15,17,20H,4,7-8,16H2,(H,28,31). The Morgan fingerprint density at radius 2 is 1.94 bits per heavy atom. The van der Waals surface area contributed by atoms with Gasteiger partial charge in [-0.2, -0.15) is 5.10 Å². The van der Waals surface area contributed by atoms with E-state index in [2.05, 4.69) is 21.4 Å². The second-order valence-electron chi connectivity index (χ2n) is 7.76. The van der Waals surface area contributed by atoms with Crippen molar-refractivity contribution in [3.05, 3.63) is 96.2 Å². The molecule has 6 nitrogen and oxygen atoms in total. The van der Waals surface area contributed by atoms with E-state index < -0.39 is 0 Å². The lowest BCUT2D eigenvalue weighted by Gasteiger charge is -2.24. The van der Waals surface area contributed by atoms with Crippen LogP contribution in [0.4, 0.5) is 0 Å². The summed E-state index contributed by atoms with van der Waals surface area (Å²) in [4.78, 5) is 22.0. The highest BCUT2D eigenvalue weighted by atomic mass is 16.1. The van der Waals surface area contributed by atoms with Gasteiger partial charge in [-0.3, -0.25) is 14.8 Å². The van der Waals surface area contributed by atoms with Gasteiger partial charge in [0.2, 0.25) is 0 Å². The van der Waals surface area contributed by atoms with E-state index in [0.717, 1.165) is 36.2 Å². The van der Waals surface area contributed by atoms with E-state index in [1.54, 1.807) is 23.3 Å². The fourth-order valence-electron chi connectivity index (χ4n) is 4.18. The van der Waals surface area contributed by atoms with E-state index in [1.807, 2.05) is 54.7 Å². The number of fused-ring (bicyclic) bond motifs is 1. The second kappa shape index (κ2) is 8.52. The third-order valence-corrected chi connectivity index (χ3v) is 5.74. The van der Waals surface area contributed by atoms with Crippen LogP contribution in [0.1, 0.15) is 40.4 Å². The summed E-state index contributed by atoms with van der Waals surface area (Å²) < 4.78 is 1.74. The van der Waals surface area contributed by atoms with Gasteiger partial charge in [0, 0.05) is 48.5 Å². The summed E-state index contributed by atoms with van der Waals surface area (Å²) in [6.45, 7) is 0.561. The summed E-state index contributed by atoms with van der Waals surface area (Å²) >= 11 is 0. The molecule has 4 aromatic rings. The van der Waals surface area contributed by atoms with E-state index >= 15 is 0 Å². The fraction of sp³-hybridized carbons (Fsp3) is 0.200. The smallest absolute Gasteiger partial charge is 0.255 e. The van der Waals surface area contributed by atoms with Crippen molar-refractivity contribution in [1.29, 1.82) is 0 Å². The zero-order chi connectivity index (χ0) is 21.0. The number of aryl methyl sites for hydroxylation is 1. The number of hydrogen-bond donors (Lipinski definition) is 1. The van der Waals surface area contributed by atoms with Gasteiger partial charge in [-0.05, 0) is 55.2 Å². The molecular formula is C25H23N5O. The number of hydrogen-bond acceptors (Lipinski definition) is 4. The number of benzene rings is 1. The van der Waals surface area contributed by atoms with Crippen molar-refractivity contribution in [2.24, 2.45) is 0 Å². The molecule has 0 fully saturated rings. The number of amides is 1. The Morgan fingerprint density at radius 1 is 1.06 bits per heavy atom. The van der Waals surface area contributed by atoms with E-state index in [4.69, 9.17) is 5.10 Å². The molecule has 1 N–H and O–H groups in total. The zero-order valence-corrected chi connectivity index (χ0v) is 17.1. The number of para-hydroxylation sites is 1. The monoisotopic (exact) mass is 409 g/mol. The molecule has 0 saturated heterocycles. The Balaban J connectivity index is 1.43. The molecule has 0 radical (unpaired) electrons. The molecule has 0 saturated carbocycles. The molecule has 1 aromatic carbocycles. The van der Waals surface area contributed by atoms with Crippen molar-refractivity contribution in [2.75, 3.05) is 6.54 Å². The van der Waals surface area contributed by atoms with Crippen molar-refractivity contribution < 1.29 is 4.79 Å². The lowest BCUT2D eigenvalue weighted by molar-refractivity contribution is 0.0950. The normalized spacial score (nSPS) is 15.3. The van der Waals surface area contributed by atoms with Gasteiger partial charge in [-0.15, -0.1) is 0 Å². The zero-order valence-electron chi connectivity index (χ0n) is 17.1. The molecule has 1 amide bonds. The molecule has 1 aliphatic rings. The van der Waals surface area contributed by atoms with Crippen molar-refractivity contribution in [3.63, 3.8) is 0 Å². The van der Waals surface area contributed by atoms with Crippen LogP contribution in [0.25, 0.3) is 16.9 Å². The molecule has 3 heterocycles. The van der Waals surface area contributed by atoms with E-state index in [1.165, 1.54) is 5.56 Å². The Kier molecular flexibility index (Phi) is 5.27. The highest BCUT2D eigenvalue weighted by Crippen LogP contribution is 2.29. The third kappa shape index (κ3) is 3.97. The van der Waals surface area contributed by atoms with E-state index in [-0.39, 0.29) is 11.8 Å². The second-order valence-corrected chi connectivity index (χ2v) is 7.76. The third-order valence-electron chi connectivity index (χ3n) is 5.74. The lowest BCUT2D eigenvalue weighted by Crippen LogP contribution is -2.30. The van der Waals surface area contributed by atoms with Gasteiger partial charge in [0.05, 0.1) is 11.3 Å². The number of carbonyl (C=O) groups is 1. The average Bonchev–Trinajstić information content (AvgIpc) is 3.29. The van der Waals surface area contributed by atoms with Crippen molar-refractivity contribution in [2.45, 2.75) is 25.2 Å². The number of nitrogens with one attached hydrogen (secondary N) is 1. The van der Waals surface area contributed by atoms with Crippen LogP contribution in [-0.4, -0.2) is 32.2 Å². The predicted molar refractivity (Wildman–Crippen MR) is 119 cm³/mol. The van der Waals surface area contributed by atoms with Crippen LogP contribution < -0.4 is 5.32 Å². The summed E-state index contributed by atoms with van der Waals surface area (Å²) in [5, 5.41) is 7.84. The first-order chi connectivity index (χ1) is 15.3. The van der Waals surface area contributed by atoms with Gasteiger partial charge in [-0.25, -0.2) is 4.68 Å². The fourth-order valence-corrected chi connectivity index (χ4v) is 4.18. The highest BCUT2D eigenvalue weighted by Gasteiger charge is 2.24. The van der Waals surface area contributed by atoms with Gasteiger partial charge in [0.15, 0.2) is 0 Å². The van der Waals surface area contributed by atoms with Gasteiger partial charge in [-0.1, -0.05) is 24.3 Å². The summed E-state index contributed by atoms with van der Waals surface area (Å²) in [7, 11) is 0. The molecule has 3 aromatic heterocycles. The van der Waals surface area contributed by atoms with Crippen LogP contribution >= 0.6 is 0 Å². The van der Waals surface area contributed by atoms with Gasteiger partial charge >= 0.3 is 0 Å². The topological polar surface area (TPSA) is 72.7 Å². The largest absolute Gasteiger partial charge is 0.351 e. The SMILES string of the molecule is O=C(NCC1CCCc2cccnc21)c1cn(-c2ccccc2)nc1-c1cccnc1. The maximum atomic E-state index is 13.2. The molecule has 1 unspecified atom stereocenters. The first kappa shape index (κ1) is 19.2. The van der Waals surface area contributed by atoms with Crippen LogP contribution in [0.3, 0.4) is 0 Å². The minimum Gasteiger partial charge on any atom is -0.351 e. The Bertz CT molecular complexity index is 1190. The Labute approximate surface area is 181 Å². The van der Waals surface area contributed by atoms with Crippen LogP contribution in [0, 0.1) is 0 Å². The van der Waals surface area contributed by atoms with Crippen LogP contribution in [-0.2, 0) is 6.42 Å². The van der Waals surface area contributed by atoms with Gasteiger partial charge in [0.25, 0.3) is 5.91 Å². The molecule has 6 heteroatoms. The van der Waals surface area contributed by atoms with Crippen LogP contribution in [0.5, 0.6) is 0 Å². The van der Waals surface area contributed by atoms with Crippen LogP contribution in [0.2, 0.25) is 0 Å². The molecule has 1 atom stereocenters. The highest BCUT2D eigenvalue weighted by molar-refractivity contribution is 5.99. The first-order valence-corrected chi connectivity index (χ1v) is 10.6. The number of pyridine rings is 2. The maximum Gasteiger partial charge on any atom is 0.255 e. The summed E-state index contributed by atoms with van der Waals surface area (Å²) in [6, 6.07) is 17.7. The molecule has 1 aliphatic carbocycles. The predicted octanol–water partition coefficient (Wildman–Crippen LogP) is 4.18. The molecule has 0 aliphatic heterocycles. The number of carbonyl (C=O) groups excluding carboxylic acids is 1. The number of aromatic nitrogens is 4. The quantitative estimate of drug-likeness (QED) is 0.537. The van der Waals surface area contributed by atoms with E-state index in [9.17, 15) is 4.79 Å². The summed E-state index contributed by atoms with van der Waals surface area (Å²) in [5.41, 5.74) is 5.28. The molecular weight excluding hydrogens is 386 g/mol. The number of nitrogens with zero attached hydrogens (tertiary/aromatic N) is 4. The molecule has 31 heavy (non-hydrogen) atoms. The van der Waals surface area contributed by atoms with Crippen molar-refractivity contribution in [3.8, 4) is 16.9 Å². The minimum absolute atomic E-state index is 0.135. The average molecular weight is 409 g/mol. The Hall–Kier alpha value is -3.80. The first-order valence-electron chi connectivity index (χ1n) is 10.6. The molecule has 0 spiro atoms. The van der Waals surface area contributed by atoms with Crippen molar-refractivity contribution in [1.82, 2.24) is 25.1 Å². The van der Waals surface area contributed by atoms with E-state index in [0.29, 0.717) is 17.8 Å². The Morgan fingerprint density at radius 3 is 2.77 bits per heavy atom. The molecule has 154 valence electrons. The van der Waals surface area contributed by atoms with Crippen molar-refractivity contribution >= 4 is 5.91 Å². The summed E-state index contributed by atoms with van der Waals surface area (Å²) in [5.74, 6) is 0.101. The summed E-state index contributed by atoms with van der Waals surface area (Å²) in [6.07, 6.45) is 10.3. The lowest BCUT2D eigenvalue weighted by atomic mass is 9.86. The minimum atomic E-state index is -0.135. The molecule has 0 bridgehead atoms. The van der Waals surface area contributed by atoms with Crippen LogP contribution in [0.15, 0.2) is 79.4 Å². The maximum absolute atomic E-state index is 13.2. The number of rotatable bonds is 5. The van der Waals surface area contributed by atoms with Gasteiger partial charge in [0.1, 0.15) is 5.69 Å². The van der Waals surface area contributed by atoms with Gasteiger partial charge < -0.3 is 5.32 Å². The molecule has 5 rings (SSSR count).